The summed E-state index contributed by atoms with van der Waals surface area (Å²) in [6.07, 6.45) is 0.945. The highest BCUT2D eigenvalue weighted by Gasteiger charge is 2.13. The number of carbonyl (C=O) groups excluding carboxylic acids is 2. The molecule has 0 aromatic heterocycles. The topological polar surface area (TPSA) is 49.4 Å². The lowest BCUT2D eigenvalue weighted by atomic mass is 10.1. The molecule has 5 heteroatoms. The molecule has 17 heavy (non-hydrogen) atoms. The third-order valence-electron chi connectivity index (χ3n) is 2.40. The van der Waals surface area contributed by atoms with Crippen LogP contribution in [0.4, 0.5) is 10.5 Å². The van der Waals surface area contributed by atoms with Crippen molar-refractivity contribution in [2.75, 3.05) is 17.8 Å². The number of hydrogen-bond acceptors (Lipinski definition) is 2. The van der Waals surface area contributed by atoms with Crippen LogP contribution in [0.1, 0.15) is 12.5 Å². The summed E-state index contributed by atoms with van der Waals surface area (Å²) in [4.78, 5) is 23.9. The maximum Gasteiger partial charge on any atom is 0.328 e. The number of imide groups is 1. The molecule has 0 aliphatic heterocycles. The van der Waals surface area contributed by atoms with Gasteiger partial charge in [0, 0.05) is 12.7 Å². The van der Waals surface area contributed by atoms with E-state index >= 15 is 0 Å². The fourth-order valence-electron chi connectivity index (χ4n) is 1.31. The molecule has 0 saturated carbocycles. The van der Waals surface area contributed by atoms with E-state index in [1.54, 1.807) is 7.05 Å². The summed E-state index contributed by atoms with van der Waals surface area (Å²) >= 11 is 5.30. The summed E-state index contributed by atoms with van der Waals surface area (Å²) in [5, 5.41) is 2.17. The first-order valence-electron chi connectivity index (χ1n) is 5.31. The van der Waals surface area contributed by atoms with E-state index in [2.05, 4.69) is 12.2 Å². The van der Waals surface area contributed by atoms with Crippen molar-refractivity contribution in [1.29, 1.82) is 0 Å². The average molecular weight is 255 g/mol. The second-order valence-corrected chi connectivity index (χ2v) is 3.83. The molecule has 1 aromatic carbocycles. The Kier molecular flexibility index (Phi) is 4.97. The van der Waals surface area contributed by atoms with E-state index < -0.39 is 11.9 Å². The Hall–Kier alpha value is -1.55. The molecule has 0 heterocycles. The molecular weight excluding hydrogens is 240 g/mol. The number of halogens is 1. The van der Waals surface area contributed by atoms with Crippen molar-refractivity contribution >= 4 is 29.2 Å². The van der Waals surface area contributed by atoms with E-state index in [0.29, 0.717) is 0 Å². The first-order chi connectivity index (χ1) is 8.08. The number of nitrogens with zero attached hydrogens (tertiary/aromatic N) is 1. The van der Waals surface area contributed by atoms with Crippen molar-refractivity contribution in [2.24, 2.45) is 0 Å². The molecule has 1 rings (SSSR count). The van der Waals surface area contributed by atoms with Gasteiger partial charge < -0.3 is 0 Å². The molecule has 0 atom stereocenters. The van der Waals surface area contributed by atoms with Gasteiger partial charge in [-0.1, -0.05) is 19.1 Å². The molecule has 0 fully saturated rings. The molecule has 0 aliphatic carbocycles. The molecule has 1 aromatic rings. The van der Waals surface area contributed by atoms with Crippen LogP contribution < -0.4 is 10.2 Å². The molecule has 0 radical (unpaired) electrons. The maximum atomic E-state index is 11.6. The number of rotatable bonds is 3. The van der Waals surface area contributed by atoms with Gasteiger partial charge in [-0.25, -0.2) is 4.79 Å². The van der Waals surface area contributed by atoms with Gasteiger partial charge in [0.2, 0.25) is 5.91 Å². The summed E-state index contributed by atoms with van der Waals surface area (Å²) < 4.78 is 0. The second kappa shape index (κ2) is 6.25. The van der Waals surface area contributed by atoms with Crippen molar-refractivity contribution in [1.82, 2.24) is 5.32 Å². The summed E-state index contributed by atoms with van der Waals surface area (Å²) in [5.74, 6) is -0.734. The number of alkyl halides is 1. The third-order valence-corrected chi connectivity index (χ3v) is 2.65. The minimum atomic E-state index is -0.506. The Bertz CT molecular complexity index is 403. The first kappa shape index (κ1) is 13.5. The second-order valence-electron chi connectivity index (χ2n) is 3.57. The highest BCUT2D eigenvalue weighted by molar-refractivity contribution is 6.28. The van der Waals surface area contributed by atoms with Crippen LogP contribution in [-0.4, -0.2) is 24.9 Å². The van der Waals surface area contributed by atoms with Gasteiger partial charge in [0.25, 0.3) is 0 Å². The van der Waals surface area contributed by atoms with Gasteiger partial charge in [0.1, 0.15) is 5.88 Å². The van der Waals surface area contributed by atoms with Crippen LogP contribution in [0.5, 0.6) is 0 Å². The van der Waals surface area contributed by atoms with E-state index in [1.807, 2.05) is 24.3 Å². The standard InChI is InChI=1S/C12H15ClN2O2/c1-3-9-4-6-10(7-5-9)15(2)12(17)14-11(16)8-13/h4-7H,3,8H2,1-2H3,(H,14,16,17). The van der Waals surface area contributed by atoms with Crippen LogP contribution in [0.2, 0.25) is 0 Å². The lowest BCUT2D eigenvalue weighted by Gasteiger charge is -2.17. The molecule has 0 saturated heterocycles. The van der Waals surface area contributed by atoms with Crippen LogP contribution in [0.25, 0.3) is 0 Å². The van der Waals surface area contributed by atoms with Crippen molar-refractivity contribution in [3.05, 3.63) is 29.8 Å². The Balaban J connectivity index is 2.71. The van der Waals surface area contributed by atoms with E-state index in [9.17, 15) is 9.59 Å². The zero-order valence-corrected chi connectivity index (χ0v) is 10.6. The van der Waals surface area contributed by atoms with Gasteiger partial charge >= 0.3 is 6.03 Å². The van der Waals surface area contributed by atoms with Gasteiger partial charge in [0.05, 0.1) is 0 Å². The van der Waals surface area contributed by atoms with Crippen molar-refractivity contribution < 1.29 is 9.59 Å². The van der Waals surface area contributed by atoms with Crippen LogP contribution in [0.3, 0.4) is 0 Å². The summed E-state index contributed by atoms with van der Waals surface area (Å²) in [6, 6.07) is 7.08. The zero-order chi connectivity index (χ0) is 12.8. The third kappa shape index (κ3) is 3.75. The van der Waals surface area contributed by atoms with Crippen LogP contribution in [0.15, 0.2) is 24.3 Å². The van der Waals surface area contributed by atoms with Gasteiger partial charge in [-0.15, -0.1) is 11.6 Å². The quantitative estimate of drug-likeness (QED) is 0.841. The summed E-state index contributed by atoms with van der Waals surface area (Å²) in [7, 11) is 1.60. The largest absolute Gasteiger partial charge is 0.328 e. The van der Waals surface area contributed by atoms with Crippen LogP contribution in [0, 0.1) is 0 Å². The van der Waals surface area contributed by atoms with Crippen molar-refractivity contribution in [2.45, 2.75) is 13.3 Å². The average Bonchev–Trinajstić information content (AvgIpc) is 2.37. The highest BCUT2D eigenvalue weighted by atomic mass is 35.5. The number of hydrogen-bond donors (Lipinski definition) is 1. The Morgan fingerprint density at radius 2 is 1.88 bits per heavy atom. The molecule has 1 N–H and O–H groups in total. The number of carbonyl (C=O) groups is 2. The molecular formula is C12H15ClN2O2. The predicted molar refractivity (Wildman–Crippen MR) is 68.5 cm³/mol. The van der Waals surface area contributed by atoms with Crippen LogP contribution >= 0.6 is 11.6 Å². The fourth-order valence-corrected chi connectivity index (χ4v) is 1.38. The molecule has 3 amide bonds. The van der Waals surface area contributed by atoms with E-state index in [-0.39, 0.29) is 5.88 Å². The predicted octanol–water partition coefficient (Wildman–Crippen LogP) is 2.16. The smallest absolute Gasteiger partial charge is 0.297 e. The number of nitrogens with one attached hydrogen (secondary N) is 1. The zero-order valence-electron chi connectivity index (χ0n) is 9.87. The lowest BCUT2D eigenvalue weighted by Crippen LogP contribution is -2.41. The number of urea groups is 1. The Morgan fingerprint density at radius 1 is 1.29 bits per heavy atom. The van der Waals surface area contributed by atoms with Crippen LogP contribution in [-0.2, 0) is 11.2 Å². The molecule has 0 bridgehead atoms. The number of anilines is 1. The lowest BCUT2D eigenvalue weighted by molar-refractivity contribution is -0.117. The summed E-state index contributed by atoms with van der Waals surface area (Å²) in [5.41, 5.74) is 1.92. The Labute approximate surface area is 106 Å². The van der Waals surface area contributed by atoms with Crippen molar-refractivity contribution in [3.8, 4) is 0 Å². The molecule has 0 spiro atoms. The summed E-state index contributed by atoms with van der Waals surface area (Å²) in [6.45, 7) is 2.06. The molecule has 0 unspecified atom stereocenters. The van der Waals surface area contributed by atoms with Gasteiger partial charge in [0.15, 0.2) is 0 Å². The number of amides is 3. The molecule has 92 valence electrons. The SMILES string of the molecule is CCc1ccc(N(C)C(=O)NC(=O)CCl)cc1. The Morgan fingerprint density at radius 3 is 2.35 bits per heavy atom. The normalized spacial score (nSPS) is 9.82. The first-order valence-corrected chi connectivity index (χ1v) is 5.84. The van der Waals surface area contributed by atoms with Gasteiger partial charge in [-0.2, -0.15) is 0 Å². The molecule has 0 aliphatic rings. The number of benzene rings is 1. The van der Waals surface area contributed by atoms with E-state index in [4.69, 9.17) is 11.6 Å². The number of aryl methyl sites for hydroxylation is 1. The van der Waals surface area contributed by atoms with Crippen molar-refractivity contribution in [3.63, 3.8) is 0 Å². The van der Waals surface area contributed by atoms with Gasteiger partial charge in [-0.05, 0) is 24.1 Å². The maximum absolute atomic E-state index is 11.6. The monoisotopic (exact) mass is 254 g/mol. The van der Waals surface area contributed by atoms with Gasteiger partial charge in [-0.3, -0.25) is 15.0 Å². The minimum Gasteiger partial charge on any atom is -0.297 e. The van der Waals surface area contributed by atoms with E-state index in [1.165, 1.54) is 10.5 Å². The molecule has 4 nitrogen and oxygen atoms in total. The highest BCUT2D eigenvalue weighted by Crippen LogP contribution is 2.14. The minimum absolute atomic E-state index is 0.228. The van der Waals surface area contributed by atoms with E-state index in [0.717, 1.165) is 12.1 Å². The fraction of sp³-hybridized carbons (Fsp3) is 0.333.